The second-order valence-electron chi connectivity index (χ2n) is 4.53. The largest absolute Gasteiger partial charge is 0.496 e. The molecule has 0 aliphatic heterocycles. The van der Waals surface area contributed by atoms with Gasteiger partial charge in [-0.2, -0.15) is 0 Å². The van der Waals surface area contributed by atoms with Gasteiger partial charge in [0, 0.05) is 12.6 Å². The SMILES string of the molecule is COCc1cc(OC)c(C(C)(C)N)c(OC)c1. The van der Waals surface area contributed by atoms with E-state index < -0.39 is 5.54 Å². The normalized spacial score (nSPS) is 11.4. The molecule has 0 saturated heterocycles. The van der Waals surface area contributed by atoms with Gasteiger partial charge in [-0.3, -0.25) is 0 Å². The highest BCUT2D eigenvalue weighted by molar-refractivity contribution is 5.51. The zero-order valence-electron chi connectivity index (χ0n) is 11.2. The molecule has 0 saturated carbocycles. The molecule has 0 amide bonds. The van der Waals surface area contributed by atoms with E-state index >= 15 is 0 Å². The topological polar surface area (TPSA) is 53.7 Å². The molecule has 1 aromatic rings. The third-order valence-electron chi connectivity index (χ3n) is 2.52. The van der Waals surface area contributed by atoms with Crippen LogP contribution >= 0.6 is 0 Å². The molecule has 0 atom stereocenters. The van der Waals surface area contributed by atoms with Crippen molar-refractivity contribution in [1.29, 1.82) is 0 Å². The highest BCUT2D eigenvalue weighted by atomic mass is 16.5. The van der Waals surface area contributed by atoms with Gasteiger partial charge in [0.2, 0.25) is 0 Å². The molecule has 4 heteroatoms. The first-order valence-corrected chi connectivity index (χ1v) is 5.47. The quantitative estimate of drug-likeness (QED) is 0.854. The molecule has 2 N–H and O–H groups in total. The molecule has 0 heterocycles. The molecule has 17 heavy (non-hydrogen) atoms. The van der Waals surface area contributed by atoms with Gasteiger partial charge in [0.1, 0.15) is 11.5 Å². The van der Waals surface area contributed by atoms with Crippen LogP contribution in [0.5, 0.6) is 11.5 Å². The van der Waals surface area contributed by atoms with E-state index in [-0.39, 0.29) is 0 Å². The monoisotopic (exact) mass is 239 g/mol. The van der Waals surface area contributed by atoms with Crippen LogP contribution < -0.4 is 15.2 Å². The number of hydrogen-bond donors (Lipinski definition) is 1. The van der Waals surface area contributed by atoms with E-state index in [2.05, 4.69) is 0 Å². The molecule has 96 valence electrons. The van der Waals surface area contributed by atoms with Crippen LogP contribution in [0.2, 0.25) is 0 Å². The van der Waals surface area contributed by atoms with Crippen molar-refractivity contribution >= 4 is 0 Å². The fraction of sp³-hybridized carbons (Fsp3) is 0.538. The molecule has 1 rings (SSSR count). The molecule has 0 fully saturated rings. The van der Waals surface area contributed by atoms with Crippen molar-refractivity contribution in [2.24, 2.45) is 5.73 Å². The first-order chi connectivity index (χ1) is 7.93. The predicted octanol–water partition coefficient (Wildman–Crippen LogP) is 2.04. The Morgan fingerprint density at radius 3 is 1.82 bits per heavy atom. The van der Waals surface area contributed by atoms with Crippen molar-refractivity contribution < 1.29 is 14.2 Å². The lowest BCUT2D eigenvalue weighted by Crippen LogP contribution is -2.30. The van der Waals surface area contributed by atoms with E-state index in [1.54, 1.807) is 21.3 Å². The van der Waals surface area contributed by atoms with Gasteiger partial charge in [0.05, 0.1) is 26.4 Å². The number of hydrogen-bond acceptors (Lipinski definition) is 4. The Hall–Kier alpha value is -1.26. The van der Waals surface area contributed by atoms with E-state index in [0.29, 0.717) is 6.61 Å². The highest BCUT2D eigenvalue weighted by Crippen LogP contribution is 2.37. The van der Waals surface area contributed by atoms with Crippen LogP contribution in [-0.4, -0.2) is 21.3 Å². The Morgan fingerprint density at radius 2 is 1.53 bits per heavy atom. The van der Waals surface area contributed by atoms with Gasteiger partial charge in [-0.1, -0.05) is 0 Å². The van der Waals surface area contributed by atoms with Gasteiger partial charge in [-0.25, -0.2) is 0 Å². The van der Waals surface area contributed by atoms with Gasteiger partial charge in [0.15, 0.2) is 0 Å². The number of nitrogens with two attached hydrogens (primary N) is 1. The molecular weight excluding hydrogens is 218 g/mol. The lowest BCUT2D eigenvalue weighted by atomic mass is 9.92. The van der Waals surface area contributed by atoms with Crippen molar-refractivity contribution in [3.63, 3.8) is 0 Å². The van der Waals surface area contributed by atoms with Crippen LogP contribution in [0.3, 0.4) is 0 Å². The van der Waals surface area contributed by atoms with E-state index in [9.17, 15) is 0 Å². The molecule has 0 aliphatic rings. The molecule has 0 aromatic heterocycles. The minimum absolute atomic E-state index is 0.512. The fourth-order valence-corrected chi connectivity index (χ4v) is 1.85. The average Bonchev–Trinajstić information content (AvgIpc) is 2.26. The predicted molar refractivity (Wildman–Crippen MR) is 67.5 cm³/mol. The van der Waals surface area contributed by atoms with Crippen molar-refractivity contribution in [2.45, 2.75) is 26.0 Å². The minimum atomic E-state index is -0.526. The number of methoxy groups -OCH3 is 3. The van der Waals surface area contributed by atoms with Crippen LogP contribution in [-0.2, 0) is 16.9 Å². The fourth-order valence-electron chi connectivity index (χ4n) is 1.85. The summed E-state index contributed by atoms with van der Waals surface area (Å²) in [6, 6.07) is 3.85. The zero-order valence-corrected chi connectivity index (χ0v) is 11.2. The molecule has 4 nitrogen and oxygen atoms in total. The Labute approximate surface area is 103 Å². The Morgan fingerprint density at radius 1 is 1.06 bits per heavy atom. The van der Waals surface area contributed by atoms with Crippen LogP contribution in [0.25, 0.3) is 0 Å². The summed E-state index contributed by atoms with van der Waals surface area (Å²) in [4.78, 5) is 0. The Bertz CT molecular complexity index is 358. The van der Waals surface area contributed by atoms with E-state index in [1.807, 2.05) is 26.0 Å². The van der Waals surface area contributed by atoms with E-state index in [1.165, 1.54) is 0 Å². The summed E-state index contributed by atoms with van der Waals surface area (Å²) in [5.41, 5.74) is 7.47. The number of benzene rings is 1. The Balaban J connectivity index is 3.36. The minimum Gasteiger partial charge on any atom is -0.496 e. The van der Waals surface area contributed by atoms with Crippen molar-refractivity contribution in [3.05, 3.63) is 23.3 Å². The van der Waals surface area contributed by atoms with Crippen molar-refractivity contribution in [3.8, 4) is 11.5 Å². The first kappa shape index (κ1) is 13.8. The number of ether oxygens (including phenoxy) is 3. The van der Waals surface area contributed by atoms with Crippen molar-refractivity contribution in [1.82, 2.24) is 0 Å². The van der Waals surface area contributed by atoms with Crippen LogP contribution in [0.1, 0.15) is 25.0 Å². The standard InChI is InChI=1S/C13H21NO3/c1-13(2,14)12-10(16-4)6-9(8-15-3)7-11(12)17-5/h6-7H,8,14H2,1-5H3. The third-order valence-corrected chi connectivity index (χ3v) is 2.52. The van der Waals surface area contributed by atoms with Gasteiger partial charge < -0.3 is 19.9 Å². The molecular formula is C13H21NO3. The van der Waals surface area contributed by atoms with Gasteiger partial charge in [0.25, 0.3) is 0 Å². The highest BCUT2D eigenvalue weighted by Gasteiger charge is 2.25. The summed E-state index contributed by atoms with van der Waals surface area (Å²) in [6.45, 7) is 4.35. The average molecular weight is 239 g/mol. The smallest absolute Gasteiger partial charge is 0.127 e. The maximum atomic E-state index is 6.14. The summed E-state index contributed by atoms with van der Waals surface area (Å²) in [5, 5.41) is 0. The molecule has 0 bridgehead atoms. The second-order valence-corrected chi connectivity index (χ2v) is 4.53. The molecule has 1 aromatic carbocycles. The molecule has 0 radical (unpaired) electrons. The third kappa shape index (κ3) is 3.11. The van der Waals surface area contributed by atoms with Crippen molar-refractivity contribution in [2.75, 3.05) is 21.3 Å². The first-order valence-electron chi connectivity index (χ1n) is 5.47. The molecule has 0 spiro atoms. The molecule has 0 unspecified atom stereocenters. The maximum absolute atomic E-state index is 6.14. The maximum Gasteiger partial charge on any atom is 0.127 e. The zero-order chi connectivity index (χ0) is 13.1. The van der Waals surface area contributed by atoms with Gasteiger partial charge >= 0.3 is 0 Å². The van der Waals surface area contributed by atoms with Gasteiger partial charge in [-0.15, -0.1) is 0 Å². The Kier molecular flexibility index (Phi) is 4.37. The summed E-state index contributed by atoms with van der Waals surface area (Å²) in [7, 11) is 4.90. The number of rotatable bonds is 5. The second kappa shape index (κ2) is 5.38. The van der Waals surface area contributed by atoms with Gasteiger partial charge in [-0.05, 0) is 31.5 Å². The lowest BCUT2D eigenvalue weighted by molar-refractivity contribution is 0.184. The van der Waals surface area contributed by atoms with E-state index in [4.69, 9.17) is 19.9 Å². The van der Waals surface area contributed by atoms with Crippen LogP contribution in [0, 0.1) is 0 Å². The summed E-state index contributed by atoms with van der Waals surface area (Å²) in [6.07, 6.45) is 0. The summed E-state index contributed by atoms with van der Waals surface area (Å²) < 4.78 is 15.9. The summed E-state index contributed by atoms with van der Waals surface area (Å²) >= 11 is 0. The lowest BCUT2D eigenvalue weighted by Gasteiger charge is -2.25. The van der Waals surface area contributed by atoms with E-state index in [0.717, 1.165) is 22.6 Å². The van der Waals surface area contributed by atoms with Crippen LogP contribution in [0.4, 0.5) is 0 Å². The molecule has 0 aliphatic carbocycles. The van der Waals surface area contributed by atoms with Crippen LogP contribution in [0.15, 0.2) is 12.1 Å². The summed E-state index contributed by atoms with van der Waals surface area (Å²) in [5.74, 6) is 1.45.